The molecule has 2 heteroatoms. The van der Waals surface area contributed by atoms with Crippen LogP contribution in [0, 0.1) is 0 Å². The monoisotopic (exact) mass is 88.1 g/mol. The van der Waals surface area contributed by atoms with E-state index in [2.05, 4.69) is 0 Å². The minimum absolute atomic E-state index is 0.0231. The van der Waals surface area contributed by atoms with Gasteiger partial charge in [0.05, 0.1) is 0 Å². The topological polar surface area (TPSA) is 40.5 Å². The first-order valence-electron chi connectivity index (χ1n) is 1.83. The Morgan fingerprint density at radius 2 is 2.33 bits per heavy atom. The second-order valence-electron chi connectivity index (χ2n) is 0.974. The van der Waals surface area contributed by atoms with Gasteiger partial charge in [-0.15, -0.1) is 0 Å². The number of aliphatic hydroxyl groups excluding tert-OH is 2. The van der Waals surface area contributed by atoms with Crippen LogP contribution in [0.4, 0.5) is 0 Å². The molecule has 0 aliphatic rings. The lowest BCUT2D eigenvalue weighted by atomic mass is 10.4. The lowest BCUT2D eigenvalue weighted by Gasteiger charge is -1.83. The standard InChI is InChI=1S/C4H8O2/c1-2-4(6)3-5/h3,5-6H,2H2,1H3/b4-3+. The molecule has 0 heterocycles. The molecule has 0 saturated carbocycles. The van der Waals surface area contributed by atoms with E-state index in [0.717, 1.165) is 0 Å². The van der Waals surface area contributed by atoms with Crippen molar-refractivity contribution in [2.75, 3.05) is 0 Å². The molecule has 0 rings (SSSR count). The van der Waals surface area contributed by atoms with E-state index in [9.17, 15) is 0 Å². The second-order valence-corrected chi connectivity index (χ2v) is 0.974. The first-order chi connectivity index (χ1) is 2.81. The van der Waals surface area contributed by atoms with E-state index in [-0.39, 0.29) is 5.76 Å². The minimum atomic E-state index is 0.0231. The minimum Gasteiger partial charge on any atom is -0.512 e. The molecule has 0 fully saturated rings. The van der Waals surface area contributed by atoms with Crippen molar-refractivity contribution in [2.45, 2.75) is 13.3 Å². The quantitative estimate of drug-likeness (QED) is 0.475. The van der Waals surface area contributed by atoms with E-state index < -0.39 is 0 Å². The summed E-state index contributed by atoms with van der Waals surface area (Å²) in [5, 5.41) is 16.2. The third kappa shape index (κ3) is 1.64. The molecule has 0 aromatic carbocycles. The number of aliphatic hydroxyl groups is 2. The van der Waals surface area contributed by atoms with E-state index in [0.29, 0.717) is 12.7 Å². The van der Waals surface area contributed by atoms with Gasteiger partial charge in [-0.2, -0.15) is 0 Å². The zero-order chi connectivity index (χ0) is 4.99. The van der Waals surface area contributed by atoms with Crippen LogP contribution in [0.2, 0.25) is 0 Å². The molecule has 0 aliphatic carbocycles. The molecule has 0 bridgehead atoms. The van der Waals surface area contributed by atoms with Crippen LogP contribution in [0.5, 0.6) is 0 Å². The lowest BCUT2D eigenvalue weighted by molar-refractivity contribution is 0.348. The van der Waals surface area contributed by atoms with Crippen LogP contribution in [0.3, 0.4) is 0 Å². The summed E-state index contributed by atoms with van der Waals surface area (Å²) in [6.07, 6.45) is 1.19. The van der Waals surface area contributed by atoms with Crippen LogP contribution >= 0.6 is 0 Å². The largest absolute Gasteiger partial charge is 0.512 e. The first-order valence-corrected chi connectivity index (χ1v) is 1.83. The van der Waals surface area contributed by atoms with Crippen molar-refractivity contribution in [1.82, 2.24) is 0 Å². The van der Waals surface area contributed by atoms with Gasteiger partial charge >= 0.3 is 0 Å². The van der Waals surface area contributed by atoms with E-state index in [1.54, 1.807) is 6.92 Å². The van der Waals surface area contributed by atoms with Gasteiger partial charge in [0.15, 0.2) is 0 Å². The smallest absolute Gasteiger partial charge is 0.126 e. The first kappa shape index (κ1) is 5.34. The summed E-state index contributed by atoms with van der Waals surface area (Å²) in [5.41, 5.74) is 0. The zero-order valence-electron chi connectivity index (χ0n) is 3.68. The maximum absolute atomic E-state index is 8.28. The van der Waals surface area contributed by atoms with Crippen LogP contribution in [0.1, 0.15) is 13.3 Å². The molecular weight excluding hydrogens is 80.0 g/mol. The highest BCUT2D eigenvalue weighted by Crippen LogP contribution is 1.88. The number of rotatable bonds is 1. The van der Waals surface area contributed by atoms with Gasteiger partial charge < -0.3 is 10.2 Å². The highest BCUT2D eigenvalue weighted by molar-refractivity contribution is 4.79. The van der Waals surface area contributed by atoms with Gasteiger partial charge in [0.2, 0.25) is 0 Å². The van der Waals surface area contributed by atoms with Gasteiger partial charge in [-0.05, 0) is 0 Å². The summed E-state index contributed by atoms with van der Waals surface area (Å²) < 4.78 is 0. The molecule has 6 heavy (non-hydrogen) atoms. The Morgan fingerprint density at radius 1 is 1.83 bits per heavy atom. The average Bonchev–Trinajstić information content (AvgIpc) is 1.65. The lowest BCUT2D eigenvalue weighted by Crippen LogP contribution is -1.72. The molecule has 0 radical (unpaired) electrons. The Kier molecular flexibility index (Phi) is 2.29. The molecule has 0 saturated heterocycles. The van der Waals surface area contributed by atoms with Gasteiger partial charge in [0, 0.05) is 6.42 Å². The van der Waals surface area contributed by atoms with Crippen LogP contribution in [0.15, 0.2) is 12.0 Å². The molecule has 0 aliphatic heterocycles. The van der Waals surface area contributed by atoms with E-state index in [1.807, 2.05) is 0 Å². The summed E-state index contributed by atoms with van der Waals surface area (Å²) in [6, 6.07) is 0. The molecule has 0 unspecified atom stereocenters. The summed E-state index contributed by atoms with van der Waals surface area (Å²) in [7, 11) is 0. The van der Waals surface area contributed by atoms with Gasteiger partial charge in [0.1, 0.15) is 12.0 Å². The fraction of sp³-hybridized carbons (Fsp3) is 0.500. The molecular formula is C4H8O2. The molecule has 2 N–H and O–H groups in total. The van der Waals surface area contributed by atoms with E-state index in [4.69, 9.17) is 10.2 Å². The van der Waals surface area contributed by atoms with Crippen LogP contribution < -0.4 is 0 Å². The molecule has 0 spiro atoms. The van der Waals surface area contributed by atoms with Crippen molar-refractivity contribution in [1.29, 1.82) is 0 Å². The molecule has 0 aromatic rings. The molecule has 0 atom stereocenters. The Morgan fingerprint density at radius 3 is 2.33 bits per heavy atom. The highest BCUT2D eigenvalue weighted by Gasteiger charge is 1.78. The third-order valence-electron chi connectivity index (χ3n) is 0.511. The summed E-state index contributed by atoms with van der Waals surface area (Å²) in [4.78, 5) is 0. The van der Waals surface area contributed by atoms with Crippen LogP contribution in [-0.4, -0.2) is 10.2 Å². The van der Waals surface area contributed by atoms with Crippen molar-refractivity contribution < 1.29 is 10.2 Å². The van der Waals surface area contributed by atoms with Gasteiger partial charge in [-0.3, -0.25) is 0 Å². The Balaban J connectivity index is 3.22. The zero-order valence-corrected chi connectivity index (χ0v) is 3.68. The predicted octanol–water partition coefficient (Wildman–Crippen LogP) is 1.35. The van der Waals surface area contributed by atoms with Gasteiger partial charge in [-0.1, -0.05) is 6.92 Å². The SMILES string of the molecule is CC/C(O)=C\O. The maximum Gasteiger partial charge on any atom is 0.126 e. The normalized spacial score (nSPS) is 11.8. The average molecular weight is 88.1 g/mol. The van der Waals surface area contributed by atoms with Crippen LogP contribution in [-0.2, 0) is 0 Å². The Labute approximate surface area is 36.7 Å². The Hall–Kier alpha value is -0.660. The molecule has 2 nitrogen and oxygen atoms in total. The summed E-state index contributed by atoms with van der Waals surface area (Å²) in [5.74, 6) is 0.0231. The molecule has 0 aromatic heterocycles. The van der Waals surface area contributed by atoms with Crippen molar-refractivity contribution >= 4 is 0 Å². The van der Waals surface area contributed by atoms with Gasteiger partial charge in [0.25, 0.3) is 0 Å². The van der Waals surface area contributed by atoms with E-state index in [1.165, 1.54) is 0 Å². The van der Waals surface area contributed by atoms with Crippen molar-refractivity contribution in [3.05, 3.63) is 12.0 Å². The summed E-state index contributed by atoms with van der Waals surface area (Å²) >= 11 is 0. The van der Waals surface area contributed by atoms with Crippen molar-refractivity contribution in [3.8, 4) is 0 Å². The third-order valence-corrected chi connectivity index (χ3v) is 0.511. The fourth-order valence-electron chi connectivity index (χ4n) is 0.0913. The number of hydrogen-bond acceptors (Lipinski definition) is 2. The molecule has 36 valence electrons. The van der Waals surface area contributed by atoms with Gasteiger partial charge in [-0.25, -0.2) is 0 Å². The number of hydrogen-bond donors (Lipinski definition) is 2. The van der Waals surface area contributed by atoms with E-state index >= 15 is 0 Å². The van der Waals surface area contributed by atoms with Crippen LogP contribution in [0.25, 0.3) is 0 Å². The van der Waals surface area contributed by atoms with Crippen molar-refractivity contribution in [2.24, 2.45) is 0 Å². The highest BCUT2D eigenvalue weighted by atomic mass is 16.3. The Bertz CT molecular complexity index is 56.6. The second kappa shape index (κ2) is 2.57. The fourth-order valence-corrected chi connectivity index (χ4v) is 0.0913. The summed E-state index contributed by atoms with van der Waals surface area (Å²) in [6.45, 7) is 1.75. The molecule has 0 amide bonds. The maximum atomic E-state index is 8.28. The number of allylic oxidation sites excluding steroid dienone is 1. The predicted molar refractivity (Wildman–Crippen MR) is 23.6 cm³/mol. The van der Waals surface area contributed by atoms with Crippen molar-refractivity contribution in [3.63, 3.8) is 0 Å².